The fourth-order valence-corrected chi connectivity index (χ4v) is 2.44. The Morgan fingerprint density at radius 2 is 2.00 bits per heavy atom. The molecule has 0 aromatic carbocycles. The first kappa shape index (κ1) is 13.8. The minimum Gasteiger partial charge on any atom is -0.314 e. The van der Waals surface area contributed by atoms with Gasteiger partial charge in [-0.2, -0.15) is 13.2 Å². The molecule has 0 aromatic rings. The van der Waals surface area contributed by atoms with Crippen molar-refractivity contribution in [3.05, 3.63) is 0 Å². The molecule has 1 saturated carbocycles. The van der Waals surface area contributed by atoms with Gasteiger partial charge in [0.2, 0.25) is 0 Å². The Kier molecular flexibility index (Phi) is 5.59. The van der Waals surface area contributed by atoms with Gasteiger partial charge < -0.3 is 5.32 Å². The average Bonchev–Trinajstić information content (AvgIpc) is 2.23. The first-order valence-corrected chi connectivity index (χ1v) is 6.31. The zero-order chi connectivity index (χ0) is 12.0. The minimum atomic E-state index is -4.00. The minimum absolute atomic E-state index is 0.205. The van der Waals surface area contributed by atoms with Gasteiger partial charge in [-0.25, -0.2) is 0 Å². The monoisotopic (exact) mass is 237 g/mol. The first-order valence-electron chi connectivity index (χ1n) is 6.31. The molecular weight excluding hydrogens is 215 g/mol. The summed E-state index contributed by atoms with van der Waals surface area (Å²) in [6.45, 7) is 2.69. The van der Waals surface area contributed by atoms with Crippen LogP contribution in [0.2, 0.25) is 0 Å². The number of halogens is 3. The van der Waals surface area contributed by atoms with E-state index in [0.29, 0.717) is 12.6 Å². The Bertz CT molecular complexity index is 191. The van der Waals surface area contributed by atoms with Crippen molar-refractivity contribution in [1.29, 1.82) is 0 Å². The van der Waals surface area contributed by atoms with Crippen molar-refractivity contribution in [3.63, 3.8) is 0 Å². The predicted molar refractivity (Wildman–Crippen MR) is 59.3 cm³/mol. The summed E-state index contributed by atoms with van der Waals surface area (Å²) in [5, 5.41) is 3.26. The van der Waals surface area contributed by atoms with Crippen LogP contribution in [0.5, 0.6) is 0 Å². The third-order valence-corrected chi connectivity index (χ3v) is 3.43. The number of alkyl halides is 3. The van der Waals surface area contributed by atoms with Gasteiger partial charge in [0.15, 0.2) is 0 Å². The lowest BCUT2D eigenvalue weighted by molar-refractivity contribution is -0.135. The zero-order valence-electron chi connectivity index (χ0n) is 9.95. The Morgan fingerprint density at radius 3 is 2.62 bits per heavy atom. The average molecular weight is 237 g/mol. The molecule has 1 aliphatic rings. The predicted octanol–water partition coefficient (Wildman–Crippen LogP) is 3.89. The molecule has 0 heterocycles. The molecule has 0 saturated heterocycles. The van der Waals surface area contributed by atoms with E-state index in [1.165, 1.54) is 19.3 Å². The lowest BCUT2D eigenvalue weighted by Gasteiger charge is -2.29. The van der Waals surface area contributed by atoms with Crippen molar-refractivity contribution in [1.82, 2.24) is 5.32 Å². The van der Waals surface area contributed by atoms with Crippen LogP contribution in [-0.2, 0) is 0 Å². The smallest absolute Gasteiger partial charge is 0.314 e. The Morgan fingerprint density at radius 1 is 1.25 bits per heavy atom. The van der Waals surface area contributed by atoms with Crippen molar-refractivity contribution < 1.29 is 13.2 Å². The van der Waals surface area contributed by atoms with E-state index in [4.69, 9.17) is 0 Å². The van der Waals surface area contributed by atoms with E-state index < -0.39 is 12.6 Å². The largest absolute Gasteiger partial charge is 0.389 e. The van der Waals surface area contributed by atoms with Crippen LogP contribution in [0.4, 0.5) is 13.2 Å². The molecule has 0 amide bonds. The molecule has 0 radical (unpaired) electrons. The molecule has 0 aliphatic heterocycles. The second kappa shape index (κ2) is 6.48. The first-order chi connectivity index (χ1) is 7.51. The van der Waals surface area contributed by atoms with Gasteiger partial charge in [0, 0.05) is 12.5 Å². The molecule has 1 aliphatic carbocycles. The van der Waals surface area contributed by atoms with Crippen molar-refractivity contribution in [2.75, 3.05) is 6.54 Å². The molecule has 16 heavy (non-hydrogen) atoms. The van der Waals surface area contributed by atoms with E-state index in [0.717, 1.165) is 18.8 Å². The Balaban J connectivity index is 2.08. The van der Waals surface area contributed by atoms with Gasteiger partial charge in [-0.05, 0) is 31.7 Å². The van der Waals surface area contributed by atoms with Gasteiger partial charge in [0.05, 0.1) is 0 Å². The molecular formula is C12H22F3N. The summed E-state index contributed by atoms with van der Waals surface area (Å²) in [5.74, 6) is 0.772. The quantitative estimate of drug-likeness (QED) is 0.715. The second-order valence-electron chi connectivity index (χ2n) is 4.81. The highest BCUT2D eigenvalue weighted by atomic mass is 19.4. The number of hydrogen-bond donors (Lipinski definition) is 1. The van der Waals surface area contributed by atoms with Crippen LogP contribution >= 0.6 is 0 Å². The lowest BCUT2D eigenvalue weighted by atomic mass is 9.84. The van der Waals surface area contributed by atoms with E-state index in [1.54, 1.807) is 0 Å². The van der Waals surface area contributed by atoms with Crippen LogP contribution in [0, 0.1) is 5.92 Å². The van der Waals surface area contributed by atoms with E-state index in [2.05, 4.69) is 12.2 Å². The van der Waals surface area contributed by atoms with E-state index in [1.807, 2.05) is 0 Å². The van der Waals surface area contributed by atoms with Gasteiger partial charge >= 0.3 is 6.18 Å². The van der Waals surface area contributed by atoms with Gasteiger partial charge in [0.1, 0.15) is 0 Å². The molecule has 2 unspecified atom stereocenters. The van der Waals surface area contributed by atoms with Crippen molar-refractivity contribution in [2.45, 2.75) is 64.1 Å². The lowest BCUT2D eigenvalue weighted by Crippen LogP contribution is -2.35. The van der Waals surface area contributed by atoms with E-state index >= 15 is 0 Å². The van der Waals surface area contributed by atoms with Crippen LogP contribution < -0.4 is 5.32 Å². The molecule has 96 valence electrons. The fourth-order valence-electron chi connectivity index (χ4n) is 2.44. The SMILES string of the molecule is CCC1CCCC(NCCCC(F)(F)F)C1. The van der Waals surface area contributed by atoms with Crippen molar-refractivity contribution in [3.8, 4) is 0 Å². The molecule has 1 nitrogen and oxygen atoms in total. The van der Waals surface area contributed by atoms with Crippen LogP contribution in [0.3, 0.4) is 0 Å². The number of nitrogens with one attached hydrogen (secondary N) is 1. The third-order valence-electron chi connectivity index (χ3n) is 3.43. The van der Waals surface area contributed by atoms with E-state index in [9.17, 15) is 13.2 Å². The molecule has 1 fully saturated rings. The number of hydrogen-bond acceptors (Lipinski definition) is 1. The van der Waals surface area contributed by atoms with Crippen LogP contribution in [0.15, 0.2) is 0 Å². The van der Waals surface area contributed by atoms with Gasteiger partial charge in [-0.15, -0.1) is 0 Å². The summed E-state index contributed by atoms with van der Waals surface area (Å²) in [5.41, 5.74) is 0. The maximum Gasteiger partial charge on any atom is 0.389 e. The van der Waals surface area contributed by atoms with E-state index in [-0.39, 0.29) is 6.42 Å². The Labute approximate surface area is 95.8 Å². The van der Waals surface area contributed by atoms with Crippen molar-refractivity contribution >= 4 is 0 Å². The topological polar surface area (TPSA) is 12.0 Å². The molecule has 4 heteroatoms. The summed E-state index contributed by atoms with van der Waals surface area (Å²) in [7, 11) is 0. The zero-order valence-corrected chi connectivity index (χ0v) is 9.95. The molecule has 1 rings (SSSR count). The van der Waals surface area contributed by atoms with Gasteiger partial charge in [0.25, 0.3) is 0 Å². The summed E-state index contributed by atoms with van der Waals surface area (Å²) < 4.78 is 35.7. The molecule has 2 atom stereocenters. The summed E-state index contributed by atoms with van der Waals surface area (Å²) in [6.07, 6.45) is 1.51. The highest BCUT2D eigenvalue weighted by molar-refractivity contribution is 4.77. The van der Waals surface area contributed by atoms with Crippen molar-refractivity contribution in [2.24, 2.45) is 5.92 Å². The fraction of sp³-hybridized carbons (Fsp3) is 1.00. The maximum absolute atomic E-state index is 11.9. The van der Waals surface area contributed by atoms with Crippen LogP contribution in [-0.4, -0.2) is 18.8 Å². The maximum atomic E-state index is 11.9. The van der Waals surface area contributed by atoms with Crippen LogP contribution in [0.1, 0.15) is 51.9 Å². The molecule has 0 bridgehead atoms. The highest BCUT2D eigenvalue weighted by Crippen LogP contribution is 2.26. The highest BCUT2D eigenvalue weighted by Gasteiger charge is 2.26. The normalized spacial score (nSPS) is 27.0. The summed E-state index contributed by atoms with van der Waals surface area (Å²) in [6, 6.07) is 0.451. The summed E-state index contributed by atoms with van der Waals surface area (Å²) >= 11 is 0. The van der Waals surface area contributed by atoms with Gasteiger partial charge in [-0.1, -0.05) is 26.2 Å². The number of rotatable bonds is 5. The second-order valence-corrected chi connectivity index (χ2v) is 4.81. The molecule has 0 aromatic heterocycles. The molecule has 1 N–H and O–H groups in total. The summed E-state index contributed by atoms with van der Waals surface area (Å²) in [4.78, 5) is 0. The third kappa shape index (κ3) is 5.73. The molecule has 0 spiro atoms. The van der Waals surface area contributed by atoms with Crippen LogP contribution in [0.25, 0.3) is 0 Å². The van der Waals surface area contributed by atoms with Gasteiger partial charge in [-0.3, -0.25) is 0 Å². The standard InChI is InChI=1S/C12H22F3N/c1-2-10-5-3-6-11(9-10)16-8-4-7-12(13,14)15/h10-11,16H,2-9H2,1H3. The Hall–Kier alpha value is -0.250.